The number of aliphatic hydroxyl groups excluding tert-OH is 1. The number of para-hydroxylation sites is 1. The molecule has 1 aliphatic rings. The first kappa shape index (κ1) is 11.0. The highest BCUT2D eigenvalue weighted by molar-refractivity contribution is 5.70. The molecule has 1 heterocycles. The number of hydrogen-bond donors (Lipinski definition) is 1. The van der Waals surface area contributed by atoms with E-state index in [1.54, 1.807) is 17.0 Å². The molecule has 0 bridgehead atoms. The van der Waals surface area contributed by atoms with Gasteiger partial charge in [0, 0.05) is 13.1 Å². The van der Waals surface area contributed by atoms with Crippen molar-refractivity contribution in [3.05, 3.63) is 30.3 Å². The molecule has 0 spiro atoms. The maximum absolute atomic E-state index is 11.7. The molecule has 86 valence electrons. The Morgan fingerprint density at radius 2 is 2.12 bits per heavy atom. The second-order valence-electron chi connectivity index (χ2n) is 3.92. The van der Waals surface area contributed by atoms with Gasteiger partial charge in [-0.15, -0.1) is 0 Å². The number of likely N-dealkylation sites (tertiary alicyclic amines) is 1. The van der Waals surface area contributed by atoms with E-state index in [1.165, 1.54) is 0 Å². The van der Waals surface area contributed by atoms with Crippen molar-refractivity contribution in [3.63, 3.8) is 0 Å². The van der Waals surface area contributed by atoms with Crippen LogP contribution in [0.5, 0.6) is 5.75 Å². The number of hydrogen-bond acceptors (Lipinski definition) is 3. The average Bonchev–Trinajstić information content (AvgIpc) is 2.30. The van der Waals surface area contributed by atoms with Gasteiger partial charge < -0.3 is 14.7 Å². The second kappa shape index (κ2) is 4.99. The number of carbonyl (C=O) groups is 1. The quantitative estimate of drug-likeness (QED) is 0.784. The molecular formula is C12H15NO3. The minimum absolute atomic E-state index is 0.367. The Morgan fingerprint density at radius 1 is 1.38 bits per heavy atom. The fraction of sp³-hybridized carbons (Fsp3) is 0.417. The van der Waals surface area contributed by atoms with Crippen molar-refractivity contribution in [3.8, 4) is 5.75 Å². The summed E-state index contributed by atoms with van der Waals surface area (Å²) < 4.78 is 5.18. The Hall–Kier alpha value is -1.55. The van der Waals surface area contributed by atoms with Crippen LogP contribution in [0.25, 0.3) is 0 Å². The van der Waals surface area contributed by atoms with E-state index in [4.69, 9.17) is 4.74 Å². The summed E-state index contributed by atoms with van der Waals surface area (Å²) in [6.45, 7) is 1.02. The predicted molar refractivity (Wildman–Crippen MR) is 59.3 cm³/mol. The van der Waals surface area contributed by atoms with Crippen molar-refractivity contribution < 1.29 is 14.6 Å². The first-order chi connectivity index (χ1) is 7.75. The van der Waals surface area contributed by atoms with Crippen LogP contribution >= 0.6 is 0 Å². The van der Waals surface area contributed by atoms with Crippen LogP contribution < -0.4 is 4.74 Å². The van der Waals surface area contributed by atoms with Crippen LogP contribution in [-0.4, -0.2) is 35.3 Å². The number of β-amino-alcohol motifs (C(OH)–C–C–N with tert-alkyl or cyclic N) is 1. The molecule has 1 aromatic carbocycles. The van der Waals surface area contributed by atoms with E-state index in [9.17, 15) is 9.90 Å². The number of rotatable bonds is 1. The maximum Gasteiger partial charge on any atom is 0.415 e. The highest BCUT2D eigenvalue weighted by Gasteiger charge is 2.23. The van der Waals surface area contributed by atoms with Gasteiger partial charge in [-0.25, -0.2) is 4.79 Å². The lowest BCUT2D eigenvalue weighted by atomic mass is 10.1. The summed E-state index contributed by atoms with van der Waals surface area (Å²) in [6.07, 6.45) is 0.780. The zero-order chi connectivity index (χ0) is 11.4. The first-order valence-corrected chi connectivity index (χ1v) is 5.45. The monoisotopic (exact) mass is 221 g/mol. The summed E-state index contributed by atoms with van der Waals surface area (Å²) >= 11 is 0. The molecular weight excluding hydrogens is 206 g/mol. The average molecular weight is 221 g/mol. The van der Waals surface area contributed by atoms with Crippen molar-refractivity contribution in [2.24, 2.45) is 0 Å². The molecule has 1 saturated heterocycles. The van der Waals surface area contributed by atoms with Gasteiger partial charge in [0.05, 0.1) is 6.10 Å². The van der Waals surface area contributed by atoms with E-state index in [0.29, 0.717) is 18.8 Å². The molecule has 0 aromatic heterocycles. The molecule has 1 aliphatic heterocycles. The molecule has 4 nitrogen and oxygen atoms in total. The van der Waals surface area contributed by atoms with Gasteiger partial charge in [-0.2, -0.15) is 0 Å². The maximum atomic E-state index is 11.7. The molecule has 1 amide bonds. The van der Waals surface area contributed by atoms with Crippen LogP contribution in [0.15, 0.2) is 30.3 Å². The normalized spacial score (nSPS) is 20.6. The molecule has 1 atom stereocenters. The third-order valence-corrected chi connectivity index (χ3v) is 2.60. The zero-order valence-electron chi connectivity index (χ0n) is 9.00. The van der Waals surface area contributed by atoms with E-state index in [1.807, 2.05) is 18.2 Å². The predicted octanol–water partition coefficient (Wildman–Crippen LogP) is 1.64. The SMILES string of the molecule is O=C(Oc1ccccc1)N1CCCC(O)C1. The molecule has 1 unspecified atom stereocenters. The fourth-order valence-electron chi connectivity index (χ4n) is 1.77. The number of piperidine rings is 1. The zero-order valence-corrected chi connectivity index (χ0v) is 9.00. The summed E-state index contributed by atoms with van der Waals surface area (Å²) in [4.78, 5) is 13.2. The van der Waals surface area contributed by atoms with Gasteiger partial charge >= 0.3 is 6.09 Å². The summed E-state index contributed by atoms with van der Waals surface area (Å²) in [5.41, 5.74) is 0. The minimum atomic E-state index is -0.419. The summed E-state index contributed by atoms with van der Waals surface area (Å²) in [6, 6.07) is 8.96. The lowest BCUT2D eigenvalue weighted by Crippen LogP contribution is -2.43. The molecule has 16 heavy (non-hydrogen) atoms. The number of ether oxygens (including phenoxy) is 1. The van der Waals surface area contributed by atoms with E-state index in [2.05, 4.69) is 0 Å². The Balaban J connectivity index is 1.93. The Bertz CT molecular complexity index is 353. The van der Waals surface area contributed by atoms with Gasteiger partial charge in [-0.3, -0.25) is 0 Å². The number of carbonyl (C=O) groups excluding carboxylic acids is 1. The molecule has 4 heteroatoms. The Morgan fingerprint density at radius 3 is 2.81 bits per heavy atom. The molecule has 1 fully saturated rings. The van der Waals surface area contributed by atoms with Gasteiger partial charge in [0.1, 0.15) is 5.75 Å². The fourth-order valence-corrected chi connectivity index (χ4v) is 1.77. The summed E-state index contributed by atoms with van der Waals surface area (Å²) in [5.74, 6) is 0.535. The number of amides is 1. The van der Waals surface area contributed by atoms with Crippen molar-refractivity contribution in [2.45, 2.75) is 18.9 Å². The number of aliphatic hydroxyl groups is 1. The second-order valence-corrected chi connectivity index (χ2v) is 3.92. The lowest BCUT2D eigenvalue weighted by molar-refractivity contribution is 0.0691. The topological polar surface area (TPSA) is 49.8 Å². The molecule has 1 aromatic rings. The van der Waals surface area contributed by atoms with Crippen molar-refractivity contribution in [1.29, 1.82) is 0 Å². The van der Waals surface area contributed by atoms with Crippen LogP contribution in [0.3, 0.4) is 0 Å². The highest BCUT2D eigenvalue weighted by atomic mass is 16.6. The standard InChI is InChI=1S/C12H15NO3/c14-10-5-4-8-13(9-10)12(15)16-11-6-2-1-3-7-11/h1-3,6-7,10,14H,4-5,8-9H2. The first-order valence-electron chi connectivity index (χ1n) is 5.45. The van der Waals surface area contributed by atoms with Crippen LogP contribution in [-0.2, 0) is 0 Å². The van der Waals surface area contributed by atoms with Crippen molar-refractivity contribution in [1.82, 2.24) is 4.90 Å². The Kier molecular flexibility index (Phi) is 3.41. The van der Waals surface area contributed by atoms with Crippen LogP contribution in [0.4, 0.5) is 4.79 Å². The molecule has 0 saturated carbocycles. The van der Waals surface area contributed by atoms with Crippen molar-refractivity contribution in [2.75, 3.05) is 13.1 Å². The van der Waals surface area contributed by atoms with Crippen molar-refractivity contribution >= 4 is 6.09 Å². The van der Waals surface area contributed by atoms with E-state index in [0.717, 1.165) is 12.8 Å². The Labute approximate surface area is 94.4 Å². The smallest absolute Gasteiger partial charge is 0.410 e. The minimum Gasteiger partial charge on any atom is -0.410 e. The number of nitrogens with zero attached hydrogens (tertiary/aromatic N) is 1. The largest absolute Gasteiger partial charge is 0.415 e. The van der Waals surface area contributed by atoms with Crippen LogP contribution in [0.2, 0.25) is 0 Å². The highest BCUT2D eigenvalue weighted by Crippen LogP contribution is 2.14. The molecule has 0 radical (unpaired) electrons. The van der Waals surface area contributed by atoms with E-state index < -0.39 is 6.10 Å². The van der Waals surface area contributed by atoms with E-state index in [-0.39, 0.29) is 6.09 Å². The van der Waals surface area contributed by atoms with Gasteiger partial charge in [0.15, 0.2) is 0 Å². The molecule has 0 aliphatic carbocycles. The summed E-state index contributed by atoms with van der Waals surface area (Å²) in [5, 5.41) is 9.45. The van der Waals surface area contributed by atoms with Gasteiger partial charge in [0.2, 0.25) is 0 Å². The third-order valence-electron chi connectivity index (χ3n) is 2.60. The molecule has 2 rings (SSSR count). The lowest BCUT2D eigenvalue weighted by Gasteiger charge is -2.29. The van der Waals surface area contributed by atoms with Gasteiger partial charge in [0.25, 0.3) is 0 Å². The summed E-state index contributed by atoms with van der Waals surface area (Å²) in [7, 11) is 0. The number of benzene rings is 1. The third kappa shape index (κ3) is 2.73. The van der Waals surface area contributed by atoms with E-state index >= 15 is 0 Å². The van der Waals surface area contributed by atoms with Crippen LogP contribution in [0, 0.1) is 0 Å². The van der Waals surface area contributed by atoms with Gasteiger partial charge in [-0.1, -0.05) is 18.2 Å². The van der Waals surface area contributed by atoms with Gasteiger partial charge in [-0.05, 0) is 25.0 Å². The molecule has 1 N–H and O–H groups in total. The van der Waals surface area contributed by atoms with Crippen LogP contribution in [0.1, 0.15) is 12.8 Å².